The molecule has 0 spiro atoms. The van der Waals surface area contributed by atoms with Gasteiger partial charge >= 0.3 is 11.9 Å². The highest BCUT2D eigenvalue weighted by Gasteiger charge is 2.57. The molecule has 0 amide bonds. The highest BCUT2D eigenvalue weighted by Crippen LogP contribution is 2.32. The van der Waals surface area contributed by atoms with Gasteiger partial charge in [-0.05, 0) is 26.3 Å². The summed E-state index contributed by atoms with van der Waals surface area (Å²) in [6.07, 6.45) is -5.03. The minimum atomic E-state index is -2.20. The number of rotatable bonds is 9. The molecule has 1 heterocycles. The number of esters is 2. The summed E-state index contributed by atoms with van der Waals surface area (Å²) in [5.74, 6) is 2.93. The van der Waals surface area contributed by atoms with Crippen molar-refractivity contribution in [3.05, 3.63) is 35.9 Å². The van der Waals surface area contributed by atoms with Crippen LogP contribution in [0.3, 0.4) is 0 Å². The molecule has 4 atom stereocenters. The van der Waals surface area contributed by atoms with Crippen molar-refractivity contribution in [1.82, 2.24) is 0 Å². The van der Waals surface area contributed by atoms with E-state index in [0.717, 1.165) is 0 Å². The zero-order valence-electron chi connectivity index (χ0n) is 17.7. The van der Waals surface area contributed by atoms with Crippen molar-refractivity contribution in [2.45, 2.75) is 56.9 Å². The first-order chi connectivity index (χ1) is 14.7. The molecule has 0 bridgehead atoms. The lowest BCUT2D eigenvalue weighted by molar-refractivity contribution is -0.200. The normalized spacial score (nSPS) is 25.4. The standard InChI is InChI=1S/C22H28O9/c1-4-12-21(27)16(31-18(24)17(21)23)14-30-22(19(25)28-5-2,20(26)29-6-3)13-15-10-8-7-9-11-15/h7-11,16-18,23-24,27H,5-6,13-14H2,1-3H3/t16-,17-,18?,21+/m0/s1. The van der Waals surface area contributed by atoms with Crippen LogP contribution in [0.2, 0.25) is 0 Å². The van der Waals surface area contributed by atoms with Crippen LogP contribution in [0, 0.1) is 11.8 Å². The fourth-order valence-corrected chi connectivity index (χ4v) is 3.27. The molecule has 1 aromatic rings. The van der Waals surface area contributed by atoms with Gasteiger partial charge in [0.2, 0.25) is 0 Å². The van der Waals surface area contributed by atoms with Crippen molar-refractivity contribution in [3.63, 3.8) is 0 Å². The first kappa shape index (κ1) is 24.8. The molecule has 9 heteroatoms. The lowest BCUT2D eigenvalue weighted by Gasteiger charge is -2.32. The number of carbonyl (C=O) groups excluding carboxylic acids is 2. The number of aliphatic hydroxyl groups is 3. The fourth-order valence-electron chi connectivity index (χ4n) is 3.27. The topological polar surface area (TPSA) is 132 Å². The van der Waals surface area contributed by atoms with Crippen LogP contribution in [0.1, 0.15) is 26.3 Å². The molecule has 1 aromatic carbocycles. The maximum absolute atomic E-state index is 12.9. The Morgan fingerprint density at radius 3 is 2.23 bits per heavy atom. The summed E-state index contributed by atoms with van der Waals surface area (Å²) in [4.78, 5) is 25.9. The van der Waals surface area contributed by atoms with Crippen molar-refractivity contribution in [1.29, 1.82) is 0 Å². The van der Waals surface area contributed by atoms with Gasteiger partial charge in [-0.1, -0.05) is 36.3 Å². The zero-order chi connectivity index (χ0) is 23.1. The van der Waals surface area contributed by atoms with E-state index in [-0.39, 0.29) is 19.6 Å². The van der Waals surface area contributed by atoms with Crippen LogP contribution in [-0.4, -0.2) is 76.8 Å². The summed E-state index contributed by atoms with van der Waals surface area (Å²) >= 11 is 0. The third kappa shape index (κ3) is 5.23. The number of carbonyl (C=O) groups is 2. The van der Waals surface area contributed by atoms with Gasteiger partial charge in [-0.2, -0.15) is 0 Å². The highest BCUT2D eigenvalue weighted by atomic mass is 16.7. The molecule has 9 nitrogen and oxygen atoms in total. The second kappa shape index (κ2) is 10.7. The molecule has 31 heavy (non-hydrogen) atoms. The molecular formula is C22H28O9. The first-order valence-corrected chi connectivity index (χ1v) is 9.95. The van der Waals surface area contributed by atoms with Gasteiger partial charge in [-0.15, -0.1) is 5.92 Å². The number of ether oxygens (including phenoxy) is 4. The van der Waals surface area contributed by atoms with Crippen LogP contribution < -0.4 is 0 Å². The molecule has 0 saturated carbocycles. The van der Waals surface area contributed by atoms with Crippen molar-refractivity contribution >= 4 is 11.9 Å². The molecule has 1 aliphatic rings. The predicted octanol–water partition coefficient (Wildman–Crippen LogP) is -0.0568. The number of hydrogen-bond acceptors (Lipinski definition) is 9. The predicted molar refractivity (Wildman–Crippen MR) is 107 cm³/mol. The van der Waals surface area contributed by atoms with Crippen molar-refractivity contribution in [3.8, 4) is 11.8 Å². The van der Waals surface area contributed by atoms with Gasteiger partial charge in [-0.25, -0.2) is 9.59 Å². The van der Waals surface area contributed by atoms with Crippen LogP contribution in [-0.2, 0) is 35.0 Å². The van der Waals surface area contributed by atoms with Crippen LogP contribution in [0.25, 0.3) is 0 Å². The second-order valence-corrected chi connectivity index (χ2v) is 6.90. The van der Waals surface area contributed by atoms with Crippen LogP contribution in [0.4, 0.5) is 0 Å². The Bertz CT molecular complexity index is 795. The van der Waals surface area contributed by atoms with E-state index < -0.39 is 48.2 Å². The quantitative estimate of drug-likeness (QED) is 0.277. The van der Waals surface area contributed by atoms with Crippen molar-refractivity contribution in [2.24, 2.45) is 0 Å². The highest BCUT2D eigenvalue weighted by molar-refractivity contribution is 6.04. The molecule has 0 radical (unpaired) electrons. The van der Waals surface area contributed by atoms with E-state index in [1.54, 1.807) is 44.2 Å². The Balaban J connectivity index is 2.42. The van der Waals surface area contributed by atoms with Gasteiger partial charge in [0, 0.05) is 6.42 Å². The maximum Gasteiger partial charge on any atom is 0.350 e. The summed E-state index contributed by atoms with van der Waals surface area (Å²) in [5.41, 5.74) is -3.77. The minimum absolute atomic E-state index is 0.0132. The van der Waals surface area contributed by atoms with Crippen LogP contribution in [0.15, 0.2) is 30.3 Å². The molecule has 0 aliphatic carbocycles. The third-order valence-electron chi connectivity index (χ3n) is 4.83. The van der Waals surface area contributed by atoms with Gasteiger partial charge in [0.25, 0.3) is 5.60 Å². The van der Waals surface area contributed by atoms with E-state index in [2.05, 4.69) is 11.8 Å². The molecule has 1 saturated heterocycles. The number of benzene rings is 1. The summed E-state index contributed by atoms with van der Waals surface area (Å²) in [7, 11) is 0. The van der Waals surface area contributed by atoms with Crippen LogP contribution >= 0.6 is 0 Å². The van der Waals surface area contributed by atoms with E-state index in [4.69, 9.17) is 18.9 Å². The molecule has 1 unspecified atom stereocenters. The summed E-state index contributed by atoms with van der Waals surface area (Å²) in [6, 6.07) is 8.65. The largest absolute Gasteiger partial charge is 0.463 e. The Morgan fingerprint density at radius 2 is 1.71 bits per heavy atom. The second-order valence-electron chi connectivity index (χ2n) is 6.90. The Kier molecular flexibility index (Phi) is 8.56. The van der Waals surface area contributed by atoms with E-state index in [9.17, 15) is 24.9 Å². The number of hydrogen-bond donors (Lipinski definition) is 3. The van der Waals surface area contributed by atoms with E-state index in [1.807, 2.05) is 0 Å². The third-order valence-corrected chi connectivity index (χ3v) is 4.83. The van der Waals surface area contributed by atoms with Crippen molar-refractivity contribution < 1.29 is 43.9 Å². The monoisotopic (exact) mass is 436 g/mol. The van der Waals surface area contributed by atoms with Crippen molar-refractivity contribution in [2.75, 3.05) is 19.8 Å². The van der Waals surface area contributed by atoms with Gasteiger partial charge in [0.05, 0.1) is 19.8 Å². The molecule has 2 rings (SSSR count). The number of aliphatic hydroxyl groups excluding tert-OH is 2. The zero-order valence-corrected chi connectivity index (χ0v) is 17.7. The fraction of sp³-hybridized carbons (Fsp3) is 0.545. The molecular weight excluding hydrogens is 408 g/mol. The minimum Gasteiger partial charge on any atom is -0.463 e. The Morgan fingerprint density at radius 1 is 1.13 bits per heavy atom. The Labute approximate surface area is 180 Å². The molecule has 1 fully saturated rings. The average molecular weight is 436 g/mol. The summed E-state index contributed by atoms with van der Waals surface area (Å²) < 4.78 is 21.2. The first-order valence-electron chi connectivity index (χ1n) is 9.95. The summed E-state index contributed by atoms with van der Waals surface area (Å²) in [5, 5.41) is 30.7. The lowest BCUT2D eigenvalue weighted by atomic mass is 9.91. The van der Waals surface area contributed by atoms with E-state index in [0.29, 0.717) is 5.56 Å². The summed E-state index contributed by atoms with van der Waals surface area (Å²) in [6.45, 7) is 4.01. The van der Waals surface area contributed by atoms with Gasteiger partial charge in [0.15, 0.2) is 11.9 Å². The maximum atomic E-state index is 12.9. The van der Waals surface area contributed by atoms with E-state index >= 15 is 0 Å². The van der Waals surface area contributed by atoms with Gasteiger partial charge in [-0.3, -0.25) is 0 Å². The average Bonchev–Trinajstić information content (AvgIpc) is 2.96. The van der Waals surface area contributed by atoms with Gasteiger partial charge in [0.1, 0.15) is 12.2 Å². The molecule has 3 N–H and O–H groups in total. The lowest BCUT2D eigenvalue weighted by Crippen LogP contribution is -2.56. The van der Waals surface area contributed by atoms with E-state index in [1.165, 1.54) is 6.92 Å². The van der Waals surface area contributed by atoms with Crippen LogP contribution in [0.5, 0.6) is 0 Å². The van der Waals surface area contributed by atoms with Gasteiger partial charge < -0.3 is 34.3 Å². The molecule has 170 valence electrons. The Hall–Kier alpha value is -2.48. The SMILES string of the molecule is CC#C[C@@]1(O)[C@H](COC(Cc2ccccc2)(C(=O)OCC)C(=O)OCC)OC(O)[C@@H]1O. The smallest absolute Gasteiger partial charge is 0.350 e. The molecule has 1 aliphatic heterocycles. The molecule has 0 aromatic heterocycles.